The average molecular weight is 393 g/mol. The lowest BCUT2D eigenvalue weighted by Crippen LogP contribution is -2.51. The van der Waals surface area contributed by atoms with Gasteiger partial charge in [0.15, 0.2) is 5.82 Å². The van der Waals surface area contributed by atoms with E-state index in [0.29, 0.717) is 32.0 Å². The summed E-state index contributed by atoms with van der Waals surface area (Å²) in [5.74, 6) is 1.33. The minimum Gasteiger partial charge on any atom is -0.497 e. The first kappa shape index (κ1) is 18.8. The Morgan fingerprint density at radius 3 is 2.48 bits per heavy atom. The monoisotopic (exact) mass is 393 g/mol. The van der Waals surface area contributed by atoms with Crippen molar-refractivity contribution >= 4 is 28.7 Å². The summed E-state index contributed by atoms with van der Waals surface area (Å²) in [6.07, 6.45) is 0. The molecule has 3 amide bonds. The number of hydrogen-bond acceptors (Lipinski definition) is 4. The van der Waals surface area contributed by atoms with Crippen molar-refractivity contribution < 1.29 is 14.3 Å². The fraction of sp³-hybridized carbons (Fsp3) is 0.286. The first-order valence-corrected chi connectivity index (χ1v) is 9.49. The molecule has 8 heteroatoms. The number of urea groups is 1. The second-order valence-corrected chi connectivity index (χ2v) is 6.99. The summed E-state index contributed by atoms with van der Waals surface area (Å²) in [5, 5.41) is 11.0. The SMILES string of the molecule is COc1cccc(-c2ccc3c(NC(=O)N4CCN(C(C)=O)CC4)n[nH]c3c2)c1. The Morgan fingerprint density at radius 2 is 1.76 bits per heavy atom. The number of ether oxygens (including phenoxy) is 1. The summed E-state index contributed by atoms with van der Waals surface area (Å²) in [4.78, 5) is 27.5. The topological polar surface area (TPSA) is 90.6 Å². The van der Waals surface area contributed by atoms with E-state index in [-0.39, 0.29) is 11.9 Å². The third kappa shape index (κ3) is 3.87. The number of aromatic amines is 1. The number of methoxy groups -OCH3 is 1. The van der Waals surface area contributed by atoms with Gasteiger partial charge < -0.3 is 14.5 Å². The summed E-state index contributed by atoms with van der Waals surface area (Å²) >= 11 is 0. The lowest BCUT2D eigenvalue weighted by Gasteiger charge is -2.33. The van der Waals surface area contributed by atoms with Gasteiger partial charge in [-0.25, -0.2) is 4.79 Å². The maximum absolute atomic E-state index is 12.6. The van der Waals surface area contributed by atoms with E-state index in [2.05, 4.69) is 15.5 Å². The minimum atomic E-state index is -0.210. The number of benzene rings is 2. The second-order valence-electron chi connectivity index (χ2n) is 6.99. The van der Waals surface area contributed by atoms with Gasteiger partial charge in [0, 0.05) is 38.5 Å². The molecule has 0 spiro atoms. The Morgan fingerprint density at radius 1 is 1.03 bits per heavy atom. The van der Waals surface area contributed by atoms with E-state index in [9.17, 15) is 9.59 Å². The number of hydrogen-bond donors (Lipinski definition) is 2. The lowest BCUT2D eigenvalue weighted by molar-refractivity contribution is -0.130. The number of nitrogens with one attached hydrogen (secondary N) is 2. The van der Waals surface area contributed by atoms with E-state index in [0.717, 1.165) is 27.8 Å². The molecule has 8 nitrogen and oxygen atoms in total. The van der Waals surface area contributed by atoms with Crippen LogP contribution in [0.3, 0.4) is 0 Å². The number of piperazine rings is 1. The van der Waals surface area contributed by atoms with Crippen molar-refractivity contribution in [3.8, 4) is 16.9 Å². The fourth-order valence-corrected chi connectivity index (χ4v) is 3.50. The van der Waals surface area contributed by atoms with Crippen molar-refractivity contribution in [1.82, 2.24) is 20.0 Å². The number of H-pyrrole nitrogens is 1. The van der Waals surface area contributed by atoms with Crippen LogP contribution in [-0.2, 0) is 4.79 Å². The molecule has 0 aliphatic carbocycles. The molecular formula is C21H23N5O3. The molecule has 2 heterocycles. The Kier molecular flexibility index (Phi) is 5.07. The van der Waals surface area contributed by atoms with Gasteiger partial charge in [-0.15, -0.1) is 0 Å². The number of amides is 3. The first-order valence-electron chi connectivity index (χ1n) is 9.49. The van der Waals surface area contributed by atoms with Gasteiger partial charge in [-0.05, 0) is 35.4 Å². The number of nitrogens with zero attached hydrogens (tertiary/aromatic N) is 3. The van der Waals surface area contributed by atoms with Crippen LogP contribution in [0.5, 0.6) is 5.75 Å². The van der Waals surface area contributed by atoms with Gasteiger partial charge in [-0.2, -0.15) is 5.10 Å². The van der Waals surface area contributed by atoms with Crippen LogP contribution in [0.15, 0.2) is 42.5 Å². The van der Waals surface area contributed by atoms with Crippen molar-refractivity contribution in [3.05, 3.63) is 42.5 Å². The van der Waals surface area contributed by atoms with E-state index in [1.807, 2.05) is 42.5 Å². The number of fused-ring (bicyclic) bond motifs is 1. The average Bonchev–Trinajstić information content (AvgIpc) is 3.15. The van der Waals surface area contributed by atoms with Gasteiger partial charge in [0.2, 0.25) is 5.91 Å². The molecule has 1 saturated heterocycles. The molecular weight excluding hydrogens is 370 g/mol. The molecule has 0 bridgehead atoms. The van der Waals surface area contributed by atoms with Crippen LogP contribution < -0.4 is 10.1 Å². The number of carbonyl (C=O) groups is 2. The minimum absolute atomic E-state index is 0.0372. The number of carbonyl (C=O) groups excluding carboxylic acids is 2. The normalized spacial score (nSPS) is 14.1. The van der Waals surface area contributed by atoms with Gasteiger partial charge in [0.1, 0.15) is 5.75 Å². The molecule has 1 aliphatic rings. The summed E-state index contributed by atoms with van der Waals surface area (Å²) in [7, 11) is 1.64. The molecule has 0 radical (unpaired) electrons. The quantitative estimate of drug-likeness (QED) is 0.716. The van der Waals surface area contributed by atoms with Crippen molar-refractivity contribution in [1.29, 1.82) is 0 Å². The first-order chi connectivity index (χ1) is 14.0. The standard InChI is InChI=1S/C21H23N5O3/c1-14(27)25-8-10-26(11-9-25)21(28)22-20-18-7-6-16(13-19(18)23-24-20)15-4-3-5-17(12-15)29-2/h3-7,12-13H,8-11H2,1-2H3,(H2,22,23,24,28). The molecule has 0 unspecified atom stereocenters. The van der Waals surface area contributed by atoms with Crippen LogP contribution >= 0.6 is 0 Å². The van der Waals surface area contributed by atoms with Crippen molar-refractivity contribution in [3.63, 3.8) is 0 Å². The zero-order chi connectivity index (χ0) is 20.4. The molecule has 0 atom stereocenters. The highest BCUT2D eigenvalue weighted by atomic mass is 16.5. The maximum Gasteiger partial charge on any atom is 0.323 e. The highest BCUT2D eigenvalue weighted by Gasteiger charge is 2.23. The molecule has 2 N–H and O–H groups in total. The fourth-order valence-electron chi connectivity index (χ4n) is 3.50. The summed E-state index contributed by atoms with van der Waals surface area (Å²) in [5.41, 5.74) is 2.90. The number of aromatic nitrogens is 2. The van der Waals surface area contributed by atoms with E-state index < -0.39 is 0 Å². The zero-order valence-corrected chi connectivity index (χ0v) is 16.4. The number of rotatable bonds is 3. The van der Waals surface area contributed by atoms with E-state index >= 15 is 0 Å². The molecule has 150 valence electrons. The van der Waals surface area contributed by atoms with Crippen LogP contribution in [0.2, 0.25) is 0 Å². The third-order valence-corrected chi connectivity index (χ3v) is 5.20. The molecule has 4 rings (SSSR count). The zero-order valence-electron chi connectivity index (χ0n) is 16.4. The van der Waals surface area contributed by atoms with Gasteiger partial charge in [-0.3, -0.25) is 15.2 Å². The van der Waals surface area contributed by atoms with E-state index in [4.69, 9.17) is 4.74 Å². The molecule has 2 aromatic carbocycles. The molecule has 1 fully saturated rings. The Bertz CT molecular complexity index is 1050. The third-order valence-electron chi connectivity index (χ3n) is 5.20. The van der Waals surface area contributed by atoms with Crippen LogP contribution in [0.1, 0.15) is 6.92 Å². The highest BCUT2D eigenvalue weighted by Crippen LogP contribution is 2.29. The Balaban J connectivity index is 1.49. The largest absolute Gasteiger partial charge is 0.497 e. The van der Waals surface area contributed by atoms with E-state index in [1.54, 1.807) is 23.8 Å². The molecule has 29 heavy (non-hydrogen) atoms. The lowest BCUT2D eigenvalue weighted by atomic mass is 10.0. The van der Waals surface area contributed by atoms with Crippen LogP contribution in [0.25, 0.3) is 22.0 Å². The van der Waals surface area contributed by atoms with Crippen LogP contribution in [-0.4, -0.2) is 65.2 Å². The van der Waals surface area contributed by atoms with Crippen LogP contribution in [0, 0.1) is 0 Å². The number of anilines is 1. The summed E-state index contributed by atoms with van der Waals surface area (Å²) in [6, 6.07) is 13.6. The smallest absolute Gasteiger partial charge is 0.323 e. The molecule has 1 aliphatic heterocycles. The van der Waals surface area contributed by atoms with Crippen molar-refractivity contribution in [2.75, 3.05) is 38.6 Å². The predicted octanol–water partition coefficient (Wildman–Crippen LogP) is 2.93. The Labute approximate surface area is 168 Å². The predicted molar refractivity (Wildman–Crippen MR) is 111 cm³/mol. The summed E-state index contributed by atoms with van der Waals surface area (Å²) in [6.45, 7) is 3.66. The molecule has 1 aromatic heterocycles. The molecule has 3 aromatic rings. The van der Waals surface area contributed by atoms with Crippen LogP contribution in [0.4, 0.5) is 10.6 Å². The van der Waals surface area contributed by atoms with Gasteiger partial charge >= 0.3 is 6.03 Å². The Hall–Kier alpha value is -3.55. The maximum atomic E-state index is 12.6. The van der Waals surface area contributed by atoms with Crippen molar-refractivity contribution in [2.24, 2.45) is 0 Å². The van der Waals surface area contributed by atoms with Gasteiger partial charge in [0.05, 0.1) is 12.6 Å². The van der Waals surface area contributed by atoms with Crippen molar-refractivity contribution in [2.45, 2.75) is 6.92 Å². The van der Waals surface area contributed by atoms with E-state index in [1.165, 1.54) is 0 Å². The summed E-state index contributed by atoms with van der Waals surface area (Å²) < 4.78 is 5.30. The van der Waals surface area contributed by atoms with Gasteiger partial charge in [-0.1, -0.05) is 18.2 Å². The molecule has 0 saturated carbocycles. The second kappa shape index (κ2) is 7.83. The highest BCUT2D eigenvalue weighted by molar-refractivity contribution is 6.00. The van der Waals surface area contributed by atoms with Gasteiger partial charge in [0.25, 0.3) is 0 Å².